The lowest BCUT2D eigenvalue weighted by Gasteiger charge is -2.36. The van der Waals surface area contributed by atoms with Crippen LogP contribution in [-0.4, -0.2) is 61.7 Å². The maximum atomic E-state index is 12.0. The standard InChI is InChI=1S/C20H24N6O3/c1-3-14-11-26-18(22-19(14)27)10-15(23-26)12-24-6-8-25(9-7-24)17-5-4-16(20(28)29)21-13(17)2/h4-5,10-11H,3,6-9,12H2,1-2H3,(H,22,27)(H,28,29). The topological polar surface area (TPSA) is 107 Å². The molecule has 0 atom stereocenters. The van der Waals surface area contributed by atoms with Gasteiger partial charge in [-0.3, -0.25) is 9.69 Å². The summed E-state index contributed by atoms with van der Waals surface area (Å²) in [5.74, 6) is -1.01. The van der Waals surface area contributed by atoms with Crippen LogP contribution < -0.4 is 10.5 Å². The Bertz CT molecular complexity index is 1110. The first-order valence-electron chi connectivity index (χ1n) is 9.73. The largest absolute Gasteiger partial charge is 0.477 e. The summed E-state index contributed by atoms with van der Waals surface area (Å²) in [4.78, 5) is 34.7. The van der Waals surface area contributed by atoms with Crippen molar-refractivity contribution in [3.63, 3.8) is 0 Å². The number of fused-ring (bicyclic) bond motifs is 1. The van der Waals surface area contributed by atoms with Gasteiger partial charge in [-0.15, -0.1) is 0 Å². The van der Waals surface area contributed by atoms with E-state index in [0.29, 0.717) is 18.6 Å². The molecular formula is C20H24N6O3. The van der Waals surface area contributed by atoms with E-state index in [4.69, 9.17) is 5.11 Å². The van der Waals surface area contributed by atoms with E-state index >= 15 is 0 Å². The fraction of sp³-hybridized carbons (Fsp3) is 0.400. The minimum absolute atomic E-state index is 0.0574. The second kappa shape index (κ2) is 7.67. The molecule has 4 heterocycles. The fourth-order valence-corrected chi connectivity index (χ4v) is 3.75. The van der Waals surface area contributed by atoms with Gasteiger partial charge in [-0.2, -0.15) is 5.10 Å². The lowest BCUT2D eigenvalue weighted by atomic mass is 10.2. The summed E-state index contributed by atoms with van der Waals surface area (Å²) in [6, 6.07) is 5.32. The van der Waals surface area contributed by atoms with Crippen LogP contribution in [0.3, 0.4) is 0 Å². The molecule has 0 amide bonds. The Hall–Kier alpha value is -3.20. The van der Waals surface area contributed by atoms with E-state index in [-0.39, 0.29) is 11.3 Å². The number of nitrogens with one attached hydrogen (secondary N) is 1. The van der Waals surface area contributed by atoms with Gasteiger partial charge in [-0.25, -0.2) is 14.3 Å². The summed E-state index contributed by atoms with van der Waals surface area (Å²) in [6.45, 7) is 7.91. The highest BCUT2D eigenvalue weighted by Crippen LogP contribution is 2.21. The minimum atomic E-state index is -1.01. The van der Waals surface area contributed by atoms with E-state index in [1.54, 1.807) is 16.8 Å². The third kappa shape index (κ3) is 3.86. The third-order valence-corrected chi connectivity index (χ3v) is 5.35. The molecule has 3 aromatic rings. The minimum Gasteiger partial charge on any atom is -0.477 e. The van der Waals surface area contributed by atoms with Crippen LogP contribution in [0.5, 0.6) is 0 Å². The SMILES string of the molecule is CCc1cn2nc(CN3CCN(c4ccc(C(=O)O)nc4C)CC3)cc2[nH]c1=O. The summed E-state index contributed by atoms with van der Waals surface area (Å²) in [5.41, 5.74) is 4.08. The van der Waals surface area contributed by atoms with Crippen molar-refractivity contribution in [3.8, 4) is 0 Å². The fourth-order valence-electron chi connectivity index (χ4n) is 3.75. The molecule has 0 saturated carbocycles. The first kappa shape index (κ1) is 19.1. The number of carboxylic acids is 1. The molecule has 0 radical (unpaired) electrons. The van der Waals surface area contributed by atoms with Crippen molar-refractivity contribution in [2.45, 2.75) is 26.8 Å². The zero-order valence-corrected chi connectivity index (χ0v) is 16.6. The number of piperazine rings is 1. The van der Waals surface area contributed by atoms with Crippen LogP contribution in [-0.2, 0) is 13.0 Å². The first-order valence-corrected chi connectivity index (χ1v) is 9.73. The zero-order valence-electron chi connectivity index (χ0n) is 16.6. The monoisotopic (exact) mass is 396 g/mol. The van der Waals surface area contributed by atoms with Gasteiger partial charge in [0, 0.05) is 50.6 Å². The van der Waals surface area contributed by atoms with Gasteiger partial charge in [0.05, 0.1) is 17.1 Å². The van der Waals surface area contributed by atoms with E-state index in [1.165, 1.54) is 0 Å². The number of pyridine rings is 1. The van der Waals surface area contributed by atoms with Crippen LogP contribution in [0.1, 0.15) is 34.4 Å². The summed E-state index contributed by atoms with van der Waals surface area (Å²) in [6.07, 6.45) is 2.47. The maximum Gasteiger partial charge on any atom is 0.354 e. The van der Waals surface area contributed by atoms with E-state index in [1.807, 2.05) is 26.0 Å². The van der Waals surface area contributed by atoms with Crippen molar-refractivity contribution >= 4 is 17.3 Å². The van der Waals surface area contributed by atoms with Crippen molar-refractivity contribution in [3.05, 3.63) is 57.4 Å². The number of nitrogens with zero attached hydrogens (tertiary/aromatic N) is 5. The van der Waals surface area contributed by atoms with Gasteiger partial charge < -0.3 is 15.0 Å². The van der Waals surface area contributed by atoms with E-state index in [2.05, 4.69) is 24.9 Å². The molecule has 4 rings (SSSR count). The van der Waals surface area contributed by atoms with Gasteiger partial charge in [0.2, 0.25) is 0 Å². The number of H-pyrrole nitrogens is 1. The number of aromatic nitrogens is 4. The molecule has 1 aliphatic rings. The van der Waals surface area contributed by atoms with E-state index < -0.39 is 5.97 Å². The van der Waals surface area contributed by atoms with Gasteiger partial charge in [-0.05, 0) is 25.5 Å². The Morgan fingerprint density at radius 2 is 2.00 bits per heavy atom. The lowest BCUT2D eigenvalue weighted by Crippen LogP contribution is -2.46. The van der Waals surface area contributed by atoms with Crippen molar-refractivity contribution in [2.24, 2.45) is 0 Å². The van der Waals surface area contributed by atoms with Gasteiger partial charge in [0.25, 0.3) is 5.56 Å². The summed E-state index contributed by atoms with van der Waals surface area (Å²) >= 11 is 0. The van der Waals surface area contributed by atoms with Crippen molar-refractivity contribution in [2.75, 3.05) is 31.1 Å². The second-order valence-electron chi connectivity index (χ2n) is 7.30. The highest BCUT2D eigenvalue weighted by molar-refractivity contribution is 5.85. The Balaban J connectivity index is 1.42. The Kier molecular flexibility index (Phi) is 5.06. The molecule has 29 heavy (non-hydrogen) atoms. The highest BCUT2D eigenvalue weighted by atomic mass is 16.4. The number of carboxylic acid groups (broad SMARTS) is 1. The average molecular weight is 396 g/mol. The average Bonchev–Trinajstić information content (AvgIpc) is 3.08. The van der Waals surface area contributed by atoms with Crippen LogP contribution in [0.15, 0.2) is 29.2 Å². The molecule has 1 fully saturated rings. The van der Waals surface area contributed by atoms with Crippen molar-refractivity contribution in [1.29, 1.82) is 0 Å². The van der Waals surface area contributed by atoms with Crippen LogP contribution in [0, 0.1) is 6.92 Å². The van der Waals surface area contributed by atoms with Crippen LogP contribution in [0.2, 0.25) is 0 Å². The second-order valence-corrected chi connectivity index (χ2v) is 7.30. The molecular weight excluding hydrogens is 372 g/mol. The number of rotatable bonds is 5. The summed E-state index contributed by atoms with van der Waals surface area (Å²) < 4.78 is 1.74. The molecule has 9 nitrogen and oxygen atoms in total. The Labute approximate surface area is 167 Å². The number of aromatic carboxylic acids is 1. The molecule has 0 unspecified atom stereocenters. The van der Waals surface area contributed by atoms with Crippen LogP contribution in [0.4, 0.5) is 5.69 Å². The van der Waals surface area contributed by atoms with Crippen molar-refractivity contribution < 1.29 is 9.90 Å². The Morgan fingerprint density at radius 1 is 1.24 bits per heavy atom. The summed E-state index contributed by atoms with van der Waals surface area (Å²) in [7, 11) is 0. The van der Waals surface area contributed by atoms with Crippen LogP contribution in [0.25, 0.3) is 5.65 Å². The number of hydrogen-bond donors (Lipinski definition) is 2. The smallest absolute Gasteiger partial charge is 0.354 e. The normalized spacial score (nSPS) is 15.2. The van der Waals surface area contributed by atoms with Gasteiger partial charge >= 0.3 is 5.97 Å². The van der Waals surface area contributed by atoms with Gasteiger partial charge in [-0.1, -0.05) is 6.92 Å². The predicted molar refractivity (Wildman–Crippen MR) is 109 cm³/mol. The Morgan fingerprint density at radius 3 is 2.66 bits per heavy atom. The first-order chi connectivity index (χ1) is 13.9. The molecule has 2 N–H and O–H groups in total. The summed E-state index contributed by atoms with van der Waals surface area (Å²) in [5, 5.41) is 13.7. The highest BCUT2D eigenvalue weighted by Gasteiger charge is 2.20. The van der Waals surface area contributed by atoms with Crippen LogP contribution >= 0.6 is 0 Å². The number of aryl methyl sites for hydroxylation is 2. The van der Waals surface area contributed by atoms with Gasteiger partial charge in [0.15, 0.2) is 0 Å². The predicted octanol–water partition coefficient (Wildman–Crippen LogP) is 1.31. The van der Waals surface area contributed by atoms with E-state index in [9.17, 15) is 9.59 Å². The molecule has 0 spiro atoms. The lowest BCUT2D eigenvalue weighted by molar-refractivity contribution is 0.0690. The zero-order chi connectivity index (χ0) is 20.5. The molecule has 0 bridgehead atoms. The molecule has 3 aromatic heterocycles. The molecule has 0 aromatic carbocycles. The van der Waals surface area contributed by atoms with Crippen molar-refractivity contribution in [1.82, 2.24) is 24.5 Å². The third-order valence-electron chi connectivity index (χ3n) is 5.35. The quantitative estimate of drug-likeness (QED) is 0.670. The molecule has 1 aliphatic heterocycles. The van der Waals surface area contributed by atoms with Gasteiger partial charge in [0.1, 0.15) is 11.3 Å². The number of hydrogen-bond acceptors (Lipinski definition) is 6. The van der Waals surface area contributed by atoms with E-state index in [0.717, 1.165) is 48.8 Å². The maximum absolute atomic E-state index is 12.0. The molecule has 1 saturated heterocycles. The molecule has 9 heteroatoms. The number of carbonyl (C=O) groups is 1. The number of anilines is 1. The molecule has 0 aliphatic carbocycles. The molecule has 152 valence electrons. The number of aromatic amines is 1.